The number of aryl methyl sites for hydroxylation is 2. The van der Waals surface area contributed by atoms with E-state index in [1.807, 2.05) is 96.1 Å². The number of nitrogens with one attached hydrogen (secondary N) is 3. The third kappa shape index (κ3) is 14.4. The second-order valence-electron chi connectivity index (χ2n) is 13.9. The fraction of sp³-hybridized carbons (Fsp3) is 0.537. The Morgan fingerprint density at radius 1 is 0.922 bits per heavy atom. The van der Waals surface area contributed by atoms with Crippen LogP contribution in [-0.4, -0.2) is 67.0 Å². The number of aliphatic hydroxyl groups is 1. The molecule has 280 valence electrons. The summed E-state index contributed by atoms with van der Waals surface area (Å²) in [5.74, 6) is -0.347. The molecule has 1 aromatic heterocycles. The Morgan fingerprint density at radius 3 is 2.33 bits per heavy atom. The van der Waals surface area contributed by atoms with Crippen LogP contribution >= 0.6 is 0 Å². The first-order chi connectivity index (χ1) is 24.5. The Bertz CT molecular complexity index is 1450. The van der Waals surface area contributed by atoms with Crippen molar-refractivity contribution in [3.63, 3.8) is 0 Å². The molecule has 5 unspecified atom stereocenters. The number of nitrogens with zero attached hydrogens (tertiary/aromatic N) is 1. The van der Waals surface area contributed by atoms with E-state index in [9.17, 15) is 14.7 Å². The van der Waals surface area contributed by atoms with Gasteiger partial charge in [-0.05, 0) is 66.5 Å². The van der Waals surface area contributed by atoms with Gasteiger partial charge in [-0.15, -0.1) is 0 Å². The predicted molar refractivity (Wildman–Crippen MR) is 201 cm³/mol. The van der Waals surface area contributed by atoms with Crippen LogP contribution in [0.2, 0.25) is 0 Å². The van der Waals surface area contributed by atoms with Crippen LogP contribution in [0, 0.1) is 31.6 Å². The molecule has 0 bridgehead atoms. The molecule has 0 saturated carbocycles. The molecular formula is C41H60N4O6. The minimum Gasteiger partial charge on any atom is -0.493 e. The van der Waals surface area contributed by atoms with Gasteiger partial charge in [0.1, 0.15) is 11.8 Å². The average Bonchev–Trinajstić information content (AvgIpc) is 3.13. The molecule has 0 aliphatic heterocycles. The van der Waals surface area contributed by atoms with Crippen LogP contribution in [0.15, 0.2) is 67.0 Å². The summed E-state index contributed by atoms with van der Waals surface area (Å²) in [5, 5.41) is 21.2. The maximum atomic E-state index is 13.9. The number of amides is 2. The molecule has 2 amide bonds. The van der Waals surface area contributed by atoms with Crippen LogP contribution in [0.3, 0.4) is 0 Å². The Kier molecular flexibility index (Phi) is 18.1. The molecule has 5 atom stereocenters. The van der Waals surface area contributed by atoms with E-state index in [0.29, 0.717) is 32.9 Å². The quantitative estimate of drug-likeness (QED) is 0.0932. The minimum atomic E-state index is -0.907. The largest absolute Gasteiger partial charge is 0.493 e. The topological polar surface area (TPSA) is 131 Å². The monoisotopic (exact) mass is 704 g/mol. The standard InChI is InChI=1S/C41H60N4O6/c1-8-30(5)39(41(48)44-24-32-15-12-29(4)13-16-32)45-40(47)35(28(2)3)22-37(46)36(43-25-34-11-9-18-42-23-34)27-50-26-33-17-14-31(6)38(21-33)51-20-10-19-49-7/h9,11-18,21,23,28,30,35-37,39,43,46H,8,10,19-20,22,24-27H2,1-7H3,(H,44,48)(H,45,47). The van der Waals surface area contributed by atoms with Gasteiger partial charge in [0.05, 0.1) is 32.0 Å². The van der Waals surface area contributed by atoms with Gasteiger partial charge in [0.2, 0.25) is 11.8 Å². The van der Waals surface area contributed by atoms with Crippen LogP contribution in [0.1, 0.15) is 74.8 Å². The molecule has 1 heterocycles. The number of ether oxygens (including phenoxy) is 3. The van der Waals surface area contributed by atoms with Crippen molar-refractivity contribution in [2.45, 2.75) is 98.7 Å². The zero-order valence-corrected chi connectivity index (χ0v) is 31.6. The highest BCUT2D eigenvalue weighted by molar-refractivity contribution is 5.88. The van der Waals surface area contributed by atoms with Crippen molar-refractivity contribution < 1.29 is 28.9 Å². The number of benzene rings is 2. The van der Waals surface area contributed by atoms with Gasteiger partial charge in [0.25, 0.3) is 0 Å². The van der Waals surface area contributed by atoms with Crippen molar-refractivity contribution in [3.05, 3.63) is 94.8 Å². The van der Waals surface area contributed by atoms with Crippen LogP contribution in [0.5, 0.6) is 5.75 Å². The molecule has 0 aliphatic rings. The highest BCUT2D eigenvalue weighted by atomic mass is 16.5. The van der Waals surface area contributed by atoms with Gasteiger partial charge in [-0.1, -0.05) is 82.1 Å². The smallest absolute Gasteiger partial charge is 0.243 e. The lowest BCUT2D eigenvalue weighted by Crippen LogP contribution is -2.53. The number of carbonyl (C=O) groups excluding carboxylic acids is 2. The average molecular weight is 705 g/mol. The SMILES string of the molecule is CCC(C)C(NC(=O)C(CC(O)C(COCc1ccc(C)c(OCCCOC)c1)NCc1cccnc1)C(C)C)C(=O)NCc1ccc(C)cc1. The number of methoxy groups -OCH3 is 1. The zero-order valence-electron chi connectivity index (χ0n) is 31.6. The highest BCUT2D eigenvalue weighted by Gasteiger charge is 2.33. The number of pyridine rings is 1. The molecule has 0 fully saturated rings. The van der Waals surface area contributed by atoms with Crippen LogP contribution in [0.25, 0.3) is 0 Å². The van der Waals surface area contributed by atoms with E-state index in [2.05, 4.69) is 20.9 Å². The van der Waals surface area contributed by atoms with E-state index in [0.717, 1.165) is 46.4 Å². The lowest BCUT2D eigenvalue weighted by Gasteiger charge is -2.31. The zero-order chi connectivity index (χ0) is 37.2. The first-order valence-corrected chi connectivity index (χ1v) is 18.2. The van der Waals surface area contributed by atoms with Gasteiger partial charge in [0.15, 0.2) is 0 Å². The van der Waals surface area contributed by atoms with Gasteiger partial charge in [-0.3, -0.25) is 14.6 Å². The summed E-state index contributed by atoms with van der Waals surface area (Å²) in [6, 6.07) is 16.7. The third-order valence-electron chi connectivity index (χ3n) is 9.34. The fourth-order valence-corrected chi connectivity index (χ4v) is 5.71. The van der Waals surface area contributed by atoms with Crippen molar-refractivity contribution in [2.75, 3.05) is 26.9 Å². The Morgan fingerprint density at radius 2 is 1.67 bits per heavy atom. The molecule has 51 heavy (non-hydrogen) atoms. The number of hydrogen-bond acceptors (Lipinski definition) is 8. The van der Waals surface area contributed by atoms with Crippen molar-refractivity contribution >= 4 is 11.8 Å². The molecular weight excluding hydrogens is 644 g/mol. The molecule has 0 spiro atoms. The Balaban J connectivity index is 1.68. The molecule has 0 saturated heterocycles. The van der Waals surface area contributed by atoms with Gasteiger partial charge in [0, 0.05) is 51.5 Å². The highest BCUT2D eigenvalue weighted by Crippen LogP contribution is 2.23. The minimum absolute atomic E-state index is 0.0787. The summed E-state index contributed by atoms with van der Waals surface area (Å²) in [4.78, 5) is 31.5. The summed E-state index contributed by atoms with van der Waals surface area (Å²) in [7, 11) is 1.68. The predicted octanol–water partition coefficient (Wildman–Crippen LogP) is 5.66. The first kappa shape index (κ1) is 41.6. The van der Waals surface area contributed by atoms with Gasteiger partial charge >= 0.3 is 0 Å². The molecule has 10 nitrogen and oxygen atoms in total. The molecule has 3 rings (SSSR count). The Hall–Kier alpha value is -3.83. The van der Waals surface area contributed by atoms with Crippen molar-refractivity contribution in [1.82, 2.24) is 20.9 Å². The second-order valence-corrected chi connectivity index (χ2v) is 13.9. The van der Waals surface area contributed by atoms with E-state index < -0.39 is 24.1 Å². The third-order valence-corrected chi connectivity index (χ3v) is 9.34. The molecule has 2 aromatic carbocycles. The molecule has 4 N–H and O–H groups in total. The normalized spacial score (nSPS) is 14.4. The molecule has 0 aliphatic carbocycles. The number of rotatable bonds is 23. The van der Waals surface area contributed by atoms with E-state index in [-0.39, 0.29) is 36.7 Å². The molecule has 0 radical (unpaired) electrons. The number of hydrogen-bond donors (Lipinski definition) is 4. The summed E-state index contributed by atoms with van der Waals surface area (Å²) < 4.78 is 17.3. The summed E-state index contributed by atoms with van der Waals surface area (Å²) in [6.07, 6.45) is 4.30. The van der Waals surface area contributed by atoms with Crippen LogP contribution in [-0.2, 0) is 38.8 Å². The van der Waals surface area contributed by atoms with E-state index in [4.69, 9.17) is 14.2 Å². The van der Waals surface area contributed by atoms with Crippen molar-refractivity contribution in [3.8, 4) is 5.75 Å². The summed E-state index contributed by atoms with van der Waals surface area (Å²) in [6.45, 7) is 14.5. The van der Waals surface area contributed by atoms with Crippen LogP contribution < -0.4 is 20.7 Å². The van der Waals surface area contributed by atoms with Gasteiger partial charge in [-0.2, -0.15) is 0 Å². The lowest BCUT2D eigenvalue weighted by atomic mass is 9.86. The first-order valence-electron chi connectivity index (χ1n) is 18.2. The van der Waals surface area contributed by atoms with E-state index >= 15 is 0 Å². The van der Waals surface area contributed by atoms with Crippen molar-refractivity contribution in [2.24, 2.45) is 17.8 Å². The van der Waals surface area contributed by atoms with E-state index in [1.165, 1.54) is 0 Å². The van der Waals surface area contributed by atoms with Gasteiger partial charge in [-0.25, -0.2) is 0 Å². The summed E-state index contributed by atoms with van der Waals surface area (Å²) >= 11 is 0. The summed E-state index contributed by atoms with van der Waals surface area (Å²) in [5.41, 5.74) is 5.11. The fourth-order valence-electron chi connectivity index (χ4n) is 5.71. The number of aliphatic hydroxyl groups excluding tert-OH is 1. The number of carbonyl (C=O) groups is 2. The Labute approximate surface area is 305 Å². The maximum Gasteiger partial charge on any atom is 0.243 e. The van der Waals surface area contributed by atoms with Crippen LogP contribution in [0.4, 0.5) is 0 Å². The molecule has 3 aromatic rings. The maximum absolute atomic E-state index is 13.9. The van der Waals surface area contributed by atoms with Crippen molar-refractivity contribution in [1.29, 1.82) is 0 Å². The lowest BCUT2D eigenvalue weighted by molar-refractivity contribution is -0.134. The van der Waals surface area contributed by atoms with Gasteiger partial charge < -0.3 is 35.3 Å². The molecule has 10 heteroatoms. The van der Waals surface area contributed by atoms with E-state index in [1.54, 1.807) is 19.5 Å². The second kappa shape index (κ2) is 22.2. The number of aromatic nitrogens is 1.